The lowest BCUT2D eigenvalue weighted by atomic mass is 10.2. The standard InChI is InChI=1S/C13H12FNO3/c14-8-3-1-2-7(4-8)5-15-6-9-10(12(15)16)11(9)13(17)18/h1-4,9-11H,5-6H2,(H,17,18). The van der Waals surface area contributed by atoms with Crippen LogP contribution in [0, 0.1) is 23.6 Å². The van der Waals surface area contributed by atoms with E-state index >= 15 is 0 Å². The number of halogens is 1. The SMILES string of the molecule is O=C(O)C1C2CN(Cc3cccc(F)c3)C(=O)C21. The number of fused-ring (bicyclic) bond motifs is 1. The smallest absolute Gasteiger partial charge is 0.307 e. The maximum absolute atomic E-state index is 13.0. The van der Waals surface area contributed by atoms with E-state index in [2.05, 4.69) is 0 Å². The van der Waals surface area contributed by atoms with Gasteiger partial charge < -0.3 is 10.0 Å². The van der Waals surface area contributed by atoms with Crippen LogP contribution in [-0.4, -0.2) is 28.4 Å². The van der Waals surface area contributed by atoms with Gasteiger partial charge in [-0.2, -0.15) is 0 Å². The molecule has 0 bridgehead atoms. The van der Waals surface area contributed by atoms with Crippen LogP contribution in [0.2, 0.25) is 0 Å². The van der Waals surface area contributed by atoms with E-state index in [9.17, 15) is 14.0 Å². The monoisotopic (exact) mass is 249 g/mol. The lowest BCUT2D eigenvalue weighted by Gasteiger charge is -2.19. The molecular formula is C13H12FNO3. The molecule has 1 aliphatic carbocycles. The molecule has 3 rings (SSSR count). The van der Waals surface area contributed by atoms with Crippen LogP contribution < -0.4 is 0 Å². The summed E-state index contributed by atoms with van der Waals surface area (Å²) in [6.07, 6.45) is 0. The van der Waals surface area contributed by atoms with E-state index in [1.54, 1.807) is 17.0 Å². The second-order valence-electron chi connectivity index (χ2n) is 4.90. The zero-order chi connectivity index (χ0) is 12.9. The minimum Gasteiger partial charge on any atom is -0.481 e. The maximum Gasteiger partial charge on any atom is 0.307 e. The molecule has 2 aliphatic rings. The van der Waals surface area contributed by atoms with Crippen molar-refractivity contribution in [2.45, 2.75) is 6.54 Å². The number of aliphatic carboxylic acids is 1. The van der Waals surface area contributed by atoms with Crippen LogP contribution >= 0.6 is 0 Å². The first kappa shape index (κ1) is 11.2. The number of carbonyl (C=O) groups excluding carboxylic acids is 1. The minimum atomic E-state index is -0.885. The Bertz CT molecular complexity index is 531. The molecule has 1 aromatic carbocycles. The van der Waals surface area contributed by atoms with E-state index in [1.807, 2.05) is 0 Å². The van der Waals surface area contributed by atoms with E-state index < -0.39 is 11.9 Å². The van der Waals surface area contributed by atoms with Gasteiger partial charge in [-0.25, -0.2) is 4.39 Å². The Kier molecular flexibility index (Phi) is 2.36. The topological polar surface area (TPSA) is 57.6 Å². The van der Waals surface area contributed by atoms with E-state index in [0.717, 1.165) is 5.56 Å². The van der Waals surface area contributed by atoms with Crippen molar-refractivity contribution < 1.29 is 19.1 Å². The van der Waals surface area contributed by atoms with E-state index in [4.69, 9.17) is 5.11 Å². The van der Waals surface area contributed by atoms with E-state index in [-0.39, 0.29) is 23.6 Å². The Morgan fingerprint density at radius 1 is 1.50 bits per heavy atom. The summed E-state index contributed by atoms with van der Waals surface area (Å²) in [6.45, 7) is 0.826. The molecule has 0 radical (unpaired) electrons. The number of likely N-dealkylation sites (tertiary alicyclic amines) is 1. The van der Waals surface area contributed by atoms with Gasteiger partial charge in [-0.05, 0) is 17.7 Å². The number of rotatable bonds is 3. The van der Waals surface area contributed by atoms with Gasteiger partial charge in [-0.3, -0.25) is 9.59 Å². The molecular weight excluding hydrogens is 237 g/mol. The highest BCUT2D eigenvalue weighted by Crippen LogP contribution is 2.52. The van der Waals surface area contributed by atoms with Crippen LogP contribution in [0.15, 0.2) is 24.3 Å². The molecule has 94 valence electrons. The van der Waals surface area contributed by atoms with Gasteiger partial charge in [0.05, 0.1) is 11.8 Å². The summed E-state index contributed by atoms with van der Waals surface area (Å²) in [4.78, 5) is 24.3. The average molecular weight is 249 g/mol. The fourth-order valence-corrected chi connectivity index (χ4v) is 2.83. The molecule has 1 aromatic rings. The van der Waals surface area contributed by atoms with Crippen LogP contribution in [-0.2, 0) is 16.1 Å². The summed E-state index contributed by atoms with van der Waals surface area (Å²) in [6, 6.07) is 6.11. The first-order valence-corrected chi connectivity index (χ1v) is 5.84. The molecule has 2 fully saturated rings. The highest BCUT2D eigenvalue weighted by molar-refractivity contribution is 5.93. The van der Waals surface area contributed by atoms with Crippen molar-refractivity contribution in [1.29, 1.82) is 0 Å². The fourth-order valence-electron chi connectivity index (χ4n) is 2.83. The van der Waals surface area contributed by atoms with Crippen LogP contribution in [0.1, 0.15) is 5.56 Å². The molecule has 0 aromatic heterocycles. The Labute approximate surface area is 103 Å². The lowest BCUT2D eigenvalue weighted by molar-refractivity contribution is -0.143. The maximum atomic E-state index is 13.0. The summed E-state index contributed by atoms with van der Waals surface area (Å²) < 4.78 is 13.0. The van der Waals surface area contributed by atoms with Gasteiger partial charge >= 0.3 is 5.97 Å². The number of amides is 1. The van der Waals surface area contributed by atoms with Crippen molar-refractivity contribution in [3.05, 3.63) is 35.6 Å². The van der Waals surface area contributed by atoms with Gasteiger partial charge in [0.15, 0.2) is 0 Å². The molecule has 4 nitrogen and oxygen atoms in total. The normalized spacial score (nSPS) is 29.3. The molecule has 1 amide bonds. The molecule has 3 unspecified atom stereocenters. The number of nitrogens with zero attached hydrogens (tertiary/aromatic N) is 1. The van der Waals surface area contributed by atoms with Gasteiger partial charge in [-0.1, -0.05) is 12.1 Å². The lowest BCUT2D eigenvalue weighted by Crippen LogP contribution is -2.30. The highest BCUT2D eigenvalue weighted by Gasteiger charge is 2.65. The first-order chi connectivity index (χ1) is 8.58. The van der Waals surface area contributed by atoms with Gasteiger partial charge in [0.25, 0.3) is 0 Å². The summed E-state index contributed by atoms with van der Waals surface area (Å²) in [7, 11) is 0. The summed E-state index contributed by atoms with van der Waals surface area (Å²) in [5.74, 6) is -2.23. The molecule has 1 saturated heterocycles. The third-order valence-electron chi connectivity index (χ3n) is 3.74. The van der Waals surface area contributed by atoms with Crippen LogP contribution in [0.3, 0.4) is 0 Å². The van der Waals surface area contributed by atoms with Gasteiger partial charge in [-0.15, -0.1) is 0 Å². The Morgan fingerprint density at radius 3 is 2.83 bits per heavy atom. The van der Waals surface area contributed by atoms with Gasteiger partial charge in [0, 0.05) is 19.0 Å². The zero-order valence-corrected chi connectivity index (χ0v) is 9.54. The number of hydrogen-bond acceptors (Lipinski definition) is 2. The van der Waals surface area contributed by atoms with Crippen molar-refractivity contribution in [2.24, 2.45) is 17.8 Å². The van der Waals surface area contributed by atoms with Gasteiger partial charge in [0.2, 0.25) is 5.91 Å². The molecule has 5 heteroatoms. The summed E-state index contributed by atoms with van der Waals surface area (Å²) >= 11 is 0. The fraction of sp³-hybridized carbons (Fsp3) is 0.385. The number of hydrogen-bond donors (Lipinski definition) is 1. The van der Waals surface area contributed by atoms with Gasteiger partial charge in [0.1, 0.15) is 5.82 Å². The highest BCUT2D eigenvalue weighted by atomic mass is 19.1. The Balaban J connectivity index is 1.68. The average Bonchev–Trinajstić information content (AvgIpc) is 2.93. The number of carbonyl (C=O) groups is 2. The van der Waals surface area contributed by atoms with Crippen molar-refractivity contribution in [1.82, 2.24) is 4.90 Å². The Hall–Kier alpha value is -1.91. The van der Waals surface area contributed by atoms with Crippen LogP contribution in [0.25, 0.3) is 0 Å². The predicted molar refractivity (Wildman–Crippen MR) is 59.9 cm³/mol. The molecule has 0 spiro atoms. The van der Waals surface area contributed by atoms with Crippen molar-refractivity contribution in [3.8, 4) is 0 Å². The van der Waals surface area contributed by atoms with Crippen LogP contribution in [0.5, 0.6) is 0 Å². The largest absolute Gasteiger partial charge is 0.481 e. The quantitative estimate of drug-likeness (QED) is 0.873. The molecule has 1 saturated carbocycles. The summed E-state index contributed by atoms with van der Waals surface area (Å²) in [5, 5.41) is 8.87. The van der Waals surface area contributed by atoms with E-state index in [1.165, 1.54) is 12.1 Å². The minimum absolute atomic E-state index is 0.0523. The van der Waals surface area contributed by atoms with Crippen molar-refractivity contribution >= 4 is 11.9 Å². The number of carboxylic acids is 1. The second-order valence-corrected chi connectivity index (χ2v) is 4.90. The van der Waals surface area contributed by atoms with E-state index in [0.29, 0.717) is 13.1 Å². The number of benzene rings is 1. The number of piperidine rings is 1. The first-order valence-electron chi connectivity index (χ1n) is 5.84. The molecule has 1 heterocycles. The molecule has 1 N–H and O–H groups in total. The van der Waals surface area contributed by atoms with Crippen molar-refractivity contribution in [3.63, 3.8) is 0 Å². The molecule has 18 heavy (non-hydrogen) atoms. The zero-order valence-electron chi connectivity index (χ0n) is 9.54. The molecule has 1 aliphatic heterocycles. The third kappa shape index (κ3) is 1.66. The number of carboxylic acid groups (broad SMARTS) is 1. The van der Waals surface area contributed by atoms with Crippen molar-refractivity contribution in [2.75, 3.05) is 6.54 Å². The molecule has 3 atom stereocenters. The predicted octanol–water partition coefficient (Wildman–Crippen LogP) is 1.11. The Morgan fingerprint density at radius 2 is 2.28 bits per heavy atom. The second kappa shape index (κ2) is 3.80. The summed E-state index contributed by atoms with van der Waals surface area (Å²) in [5.41, 5.74) is 0.733. The third-order valence-corrected chi connectivity index (χ3v) is 3.74. The van der Waals surface area contributed by atoms with Crippen LogP contribution in [0.4, 0.5) is 4.39 Å².